The molecule has 0 aliphatic carbocycles. The number of carboxylic acid groups (broad SMARTS) is 1. The first-order valence-electron chi connectivity index (χ1n) is 6.59. The van der Waals surface area contributed by atoms with Crippen molar-refractivity contribution in [3.8, 4) is 0 Å². The Labute approximate surface area is 150 Å². The molecular formula is C12H21NaO7S. The van der Waals surface area contributed by atoms with Crippen LogP contribution in [0.15, 0.2) is 0 Å². The molecule has 0 unspecified atom stereocenters. The second kappa shape index (κ2) is 11.2. The van der Waals surface area contributed by atoms with Gasteiger partial charge < -0.3 is 35.1 Å². The number of hydrogen-bond donors (Lipinski definition) is 4. The normalized spacial score (nSPS) is 32.5. The van der Waals surface area contributed by atoms with Crippen LogP contribution in [0.5, 0.6) is 0 Å². The second-order valence-corrected chi connectivity index (χ2v) is 5.96. The van der Waals surface area contributed by atoms with E-state index in [0.29, 0.717) is 12.2 Å². The number of hydrogen-bond acceptors (Lipinski definition) is 8. The Kier molecular flexibility index (Phi) is 11.5. The molecule has 0 amide bonds. The van der Waals surface area contributed by atoms with E-state index in [1.807, 2.05) is 0 Å². The van der Waals surface area contributed by atoms with Gasteiger partial charge in [0.1, 0.15) is 29.9 Å². The van der Waals surface area contributed by atoms with E-state index in [4.69, 9.17) is 9.84 Å². The Morgan fingerprint density at radius 3 is 2.33 bits per heavy atom. The van der Waals surface area contributed by atoms with E-state index in [2.05, 4.69) is 0 Å². The summed E-state index contributed by atoms with van der Waals surface area (Å²) in [7, 11) is 0. The molecule has 4 N–H and O–H groups in total. The number of ether oxygens (including phenoxy) is 1. The number of carbonyl (C=O) groups is 1. The van der Waals surface area contributed by atoms with Crippen LogP contribution in [-0.2, 0) is 9.53 Å². The predicted octanol–water partition coefficient (Wildman–Crippen LogP) is -5.17. The van der Waals surface area contributed by atoms with Gasteiger partial charge >= 0.3 is 29.6 Å². The average Bonchev–Trinajstić information content (AvgIpc) is 2.42. The van der Waals surface area contributed by atoms with Gasteiger partial charge in [0, 0.05) is 5.97 Å². The zero-order chi connectivity index (χ0) is 15.1. The van der Waals surface area contributed by atoms with Crippen molar-refractivity contribution < 1.29 is 64.6 Å². The Hall–Kier alpha value is 0.620. The number of carboxylic acids is 1. The summed E-state index contributed by atoms with van der Waals surface area (Å²) in [4.78, 5) is 10.2. The molecule has 21 heavy (non-hydrogen) atoms. The third kappa shape index (κ3) is 7.15. The van der Waals surface area contributed by atoms with E-state index in [1.54, 1.807) is 0 Å². The molecule has 0 saturated carbocycles. The van der Waals surface area contributed by atoms with Crippen LogP contribution in [0.4, 0.5) is 0 Å². The molecule has 1 fully saturated rings. The first-order valence-corrected chi connectivity index (χ1v) is 7.64. The minimum Gasteiger partial charge on any atom is -0.550 e. The quantitative estimate of drug-likeness (QED) is 0.256. The van der Waals surface area contributed by atoms with E-state index in [0.717, 1.165) is 12.8 Å². The molecule has 1 heterocycles. The van der Waals surface area contributed by atoms with Crippen molar-refractivity contribution in [2.75, 3.05) is 12.4 Å². The van der Waals surface area contributed by atoms with Crippen molar-refractivity contribution in [3.63, 3.8) is 0 Å². The summed E-state index contributed by atoms with van der Waals surface area (Å²) in [5, 5.41) is 48.2. The molecule has 0 bridgehead atoms. The SMILES string of the molecule is O=C([O-])CCCCCS[C@H]1O[C@H](CO)[C@@H](O)[C@H](O)[C@@H]1O.[Na+]. The summed E-state index contributed by atoms with van der Waals surface area (Å²) in [6.45, 7) is -0.437. The molecule has 5 atom stereocenters. The van der Waals surface area contributed by atoms with Crippen LogP contribution in [0.3, 0.4) is 0 Å². The molecule has 1 aliphatic heterocycles. The van der Waals surface area contributed by atoms with E-state index in [9.17, 15) is 25.2 Å². The minimum atomic E-state index is -1.35. The minimum absolute atomic E-state index is 0. The van der Waals surface area contributed by atoms with Crippen LogP contribution >= 0.6 is 11.8 Å². The van der Waals surface area contributed by atoms with Crippen LogP contribution < -0.4 is 34.7 Å². The fraction of sp³-hybridized carbons (Fsp3) is 0.917. The number of unbranched alkanes of at least 4 members (excludes halogenated alkanes) is 2. The van der Waals surface area contributed by atoms with Crippen molar-refractivity contribution >= 4 is 17.7 Å². The topological polar surface area (TPSA) is 130 Å². The molecule has 1 saturated heterocycles. The van der Waals surface area contributed by atoms with Gasteiger partial charge in [-0.05, 0) is 25.0 Å². The number of aliphatic hydroxyl groups excluding tert-OH is 4. The molecule has 0 aromatic rings. The summed E-state index contributed by atoms with van der Waals surface area (Å²) in [6, 6.07) is 0. The maximum atomic E-state index is 10.2. The zero-order valence-corrected chi connectivity index (χ0v) is 14.9. The number of carbonyl (C=O) groups excluding carboxylic acids is 1. The summed E-state index contributed by atoms with van der Waals surface area (Å²) in [6.07, 6.45) is -2.76. The van der Waals surface area contributed by atoms with E-state index in [1.165, 1.54) is 11.8 Å². The van der Waals surface area contributed by atoms with Gasteiger partial charge in [-0.25, -0.2) is 0 Å². The summed E-state index contributed by atoms with van der Waals surface area (Å²) >= 11 is 1.27. The Bertz CT molecular complexity index is 305. The molecule has 0 radical (unpaired) electrons. The molecular weight excluding hydrogens is 311 g/mol. The van der Waals surface area contributed by atoms with Crippen molar-refractivity contribution in [2.45, 2.75) is 55.5 Å². The number of rotatable bonds is 8. The van der Waals surface area contributed by atoms with Crippen molar-refractivity contribution in [1.29, 1.82) is 0 Å². The van der Waals surface area contributed by atoms with Crippen molar-refractivity contribution in [3.05, 3.63) is 0 Å². The molecule has 7 nitrogen and oxygen atoms in total. The third-order valence-corrected chi connectivity index (χ3v) is 4.40. The van der Waals surface area contributed by atoms with Gasteiger partial charge in [-0.2, -0.15) is 0 Å². The average molecular weight is 332 g/mol. The maximum absolute atomic E-state index is 10.2. The molecule has 9 heteroatoms. The van der Waals surface area contributed by atoms with E-state index in [-0.39, 0.29) is 36.0 Å². The number of aliphatic hydroxyl groups is 4. The molecule has 0 aromatic carbocycles. The monoisotopic (exact) mass is 332 g/mol. The van der Waals surface area contributed by atoms with Gasteiger partial charge in [0.05, 0.1) is 6.61 Å². The van der Waals surface area contributed by atoms with Gasteiger partial charge in [-0.15, -0.1) is 11.8 Å². The first kappa shape index (κ1) is 21.6. The van der Waals surface area contributed by atoms with E-state index >= 15 is 0 Å². The fourth-order valence-corrected chi connectivity index (χ4v) is 3.14. The van der Waals surface area contributed by atoms with Crippen LogP contribution in [0.1, 0.15) is 25.7 Å². The Balaban J connectivity index is 0.00000400. The van der Waals surface area contributed by atoms with Crippen molar-refractivity contribution in [2.24, 2.45) is 0 Å². The van der Waals surface area contributed by atoms with Gasteiger partial charge in [0.15, 0.2) is 0 Å². The molecule has 1 rings (SSSR count). The Morgan fingerprint density at radius 1 is 1.10 bits per heavy atom. The molecule has 0 aromatic heterocycles. The molecule has 1 aliphatic rings. The van der Waals surface area contributed by atoms with Crippen molar-refractivity contribution in [1.82, 2.24) is 0 Å². The first-order chi connectivity index (χ1) is 9.47. The van der Waals surface area contributed by atoms with Crippen LogP contribution in [-0.4, -0.2) is 68.6 Å². The standard InChI is InChI=1S/C12H22O7S.Na/c13-6-7-9(16)10(17)11(18)12(19-7)20-5-3-1-2-4-8(14)15;/h7,9-13,16-18H,1-6H2,(H,14,15);/q;+1/p-1/t7-,9-,10+,11+,12-;/m1./s1. The van der Waals surface area contributed by atoms with Gasteiger partial charge in [-0.1, -0.05) is 6.42 Å². The largest absolute Gasteiger partial charge is 1.00 e. The van der Waals surface area contributed by atoms with Gasteiger partial charge in [-0.3, -0.25) is 0 Å². The number of thioether (sulfide) groups is 1. The smallest absolute Gasteiger partial charge is 0.550 e. The zero-order valence-electron chi connectivity index (χ0n) is 12.1. The fourth-order valence-electron chi connectivity index (χ4n) is 1.95. The van der Waals surface area contributed by atoms with Crippen LogP contribution in [0.25, 0.3) is 0 Å². The van der Waals surface area contributed by atoms with E-state index < -0.39 is 42.4 Å². The van der Waals surface area contributed by atoms with Crippen LogP contribution in [0.2, 0.25) is 0 Å². The summed E-state index contributed by atoms with van der Waals surface area (Å²) < 4.78 is 5.32. The summed E-state index contributed by atoms with van der Waals surface area (Å²) in [5.74, 6) is -0.443. The van der Waals surface area contributed by atoms with Gasteiger partial charge in [0.2, 0.25) is 0 Å². The Morgan fingerprint density at radius 2 is 1.76 bits per heavy atom. The predicted molar refractivity (Wildman–Crippen MR) is 69.7 cm³/mol. The molecule has 0 spiro atoms. The number of aliphatic carboxylic acids is 1. The van der Waals surface area contributed by atoms with Gasteiger partial charge in [0.25, 0.3) is 0 Å². The molecule has 118 valence electrons. The second-order valence-electron chi connectivity index (χ2n) is 4.75. The maximum Gasteiger partial charge on any atom is 1.00 e. The van der Waals surface area contributed by atoms with Crippen LogP contribution in [0, 0.1) is 0 Å². The summed E-state index contributed by atoms with van der Waals surface area (Å²) in [5.41, 5.74) is -0.716. The third-order valence-electron chi connectivity index (χ3n) is 3.16.